The fourth-order valence-electron chi connectivity index (χ4n) is 4.22. The molecule has 5 nitrogen and oxygen atoms in total. The Hall–Kier alpha value is -3.90. The van der Waals surface area contributed by atoms with Crippen LogP contribution < -0.4 is 0 Å². The van der Waals surface area contributed by atoms with Crippen molar-refractivity contribution in [3.8, 4) is 11.3 Å². The summed E-state index contributed by atoms with van der Waals surface area (Å²) in [5.74, 6) is 0. The Bertz CT molecular complexity index is 1700. The van der Waals surface area contributed by atoms with Gasteiger partial charge in [-0.2, -0.15) is 0 Å². The molecule has 150 valence electrons. The van der Waals surface area contributed by atoms with E-state index in [1.54, 1.807) is 42.7 Å². The second-order valence-corrected chi connectivity index (χ2v) is 9.24. The first-order chi connectivity index (χ1) is 15.1. The smallest absolute Gasteiger partial charge is 0.268 e. The molecule has 6 heteroatoms. The third kappa shape index (κ3) is 2.62. The van der Waals surface area contributed by atoms with Gasteiger partial charge in [-0.3, -0.25) is 4.98 Å². The van der Waals surface area contributed by atoms with Gasteiger partial charge in [-0.05, 0) is 30.3 Å². The van der Waals surface area contributed by atoms with Gasteiger partial charge in [0.1, 0.15) is 0 Å². The molecule has 31 heavy (non-hydrogen) atoms. The predicted molar refractivity (Wildman–Crippen MR) is 124 cm³/mol. The summed E-state index contributed by atoms with van der Waals surface area (Å²) in [5, 5.41) is 3.01. The summed E-state index contributed by atoms with van der Waals surface area (Å²) in [5.41, 5.74) is 4.03. The van der Waals surface area contributed by atoms with Gasteiger partial charge in [0.05, 0.1) is 21.6 Å². The number of nitrogens with one attached hydrogen (secondary N) is 1. The zero-order chi connectivity index (χ0) is 21.0. The minimum Gasteiger partial charge on any atom is -0.353 e. The van der Waals surface area contributed by atoms with Gasteiger partial charge < -0.3 is 4.98 Å². The topological polar surface area (TPSA) is 67.8 Å². The minimum atomic E-state index is -3.75. The van der Waals surface area contributed by atoms with Gasteiger partial charge in [0.2, 0.25) is 0 Å². The molecule has 0 fully saturated rings. The molecule has 3 aromatic heterocycles. The van der Waals surface area contributed by atoms with Gasteiger partial charge in [0.25, 0.3) is 10.0 Å². The van der Waals surface area contributed by atoms with Gasteiger partial charge in [-0.15, -0.1) is 0 Å². The molecule has 0 aliphatic rings. The Kier molecular flexibility index (Phi) is 3.79. The number of aromatic amines is 1. The van der Waals surface area contributed by atoms with Crippen LogP contribution in [0.1, 0.15) is 0 Å². The molecule has 0 aliphatic heterocycles. The van der Waals surface area contributed by atoms with E-state index in [9.17, 15) is 8.42 Å². The molecule has 6 aromatic rings. The third-order valence-electron chi connectivity index (χ3n) is 5.66. The molecule has 0 amide bonds. The zero-order valence-electron chi connectivity index (χ0n) is 16.4. The quantitative estimate of drug-likeness (QED) is 0.404. The number of H-pyrrole nitrogens is 1. The second-order valence-electron chi connectivity index (χ2n) is 7.43. The molecule has 0 spiro atoms. The van der Waals surface area contributed by atoms with Crippen LogP contribution in [0.25, 0.3) is 44.0 Å². The van der Waals surface area contributed by atoms with Crippen molar-refractivity contribution in [2.45, 2.75) is 4.90 Å². The SMILES string of the molecule is O=S(=O)(c1ccccc1)n1cc(-c2nccc3c2[nH]c2ccccc23)c2ccccc21. The van der Waals surface area contributed by atoms with Crippen LogP contribution in [-0.2, 0) is 10.0 Å². The van der Waals surface area contributed by atoms with Crippen LogP contribution in [0.3, 0.4) is 0 Å². The van der Waals surface area contributed by atoms with Gasteiger partial charge in [0, 0.05) is 39.6 Å². The lowest BCUT2D eigenvalue weighted by atomic mass is 10.1. The minimum absolute atomic E-state index is 0.249. The van der Waals surface area contributed by atoms with Crippen molar-refractivity contribution in [3.63, 3.8) is 0 Å². The van der Waals surface area contributed by atoms with Crippen molar-refractivity contribution in [1.82, 2.24) is 13.9 Å². The van der Waals surface area contributed by atoms with Crippen LogP contribution in [0.4, 0.5) is 0 Å². The molecule has 3 aromatic carbocycles. The van der Waals surface area contributed by atoms with Crippen LogP contribution in [0.2, 0.25) is 0 Å². The highest BCUT2D eigenvalue weighted by Gasteiger charge is 2.23. The van der Waals surface area contributed by atoms with E-state index in [2.05, 4.69) is 16.0 Å². The van der Waals surface area contributed by atoms with Gasteiger partial charge in [-0.25, -0.2) is 12.4 Å². The molecule has 0 radical (unpaired) electrons. The van der Waals surface area contributed by atoms with Crippen LogP contribution in [0, 0.1) is 0 Å². The number of benzene rings is 3. The lowest BCUT2D eigenvalue weighted by molar-refractivity contribution is 0.589. The second kappa shape index (κ2) is 6.55. The van der Waals surface area contributed by atoms with E-state index < -0.39 is 10.0 Å². The molecule has 1 N–H and O–H groups in total. The summed E-state index contributed by atoms with van der Waals surface area (Å²) in [6.07, 6.45) is 3.45. The fourth-order valence-corrected chi connectivity index (χ4v) is 5.61. The first-order valence-corrected chi connectivity index (χ1v) is 11.3. The van der Waals surface area contributed by atoms with Crippen molar-refractivity contribution in [2.24, 2.45) is 0 Å². The summed E-state index contributed by atoms with van der Waals surface area (Å²) in [7, 11) is -3.75. The van der Waals surface area contributed by atoms with Crippen molar-refractivity contribution < 1.29 is 8.42 Å². The number of fused-ring (bicyclic) bond motifs is 4. The normalized spacial score (nSPS) is 12.1. The van der Waals surface area contributed by atoms with E-state index in [1.165, 1.54) is 3.97 Å². The van der Waals surface area contributed by atoms with Crippen molar-refractivity contribution in [2.75, 3.05) is 0 Å². The van der Waals surface area contributed by atoms with E-state index in [0.29, 0.717) is 5.52 Å². The molecule has 0 unspecified atom stereocenters. The highest BCUT2D eigenvalue weighted by molar-refractivity contribution is 7.90. The zero-order valence-corrected chi connectivity index (χ0v) is 17.2. The average molecular weight is 423 g/mol. The maximum atomic E-state index is 13.4. The highest BCUT2D eigenvalue weighted by atomic mass is 32.2. The van der Waals surface area contributed by atoms with Gasteiger partial charge >= 0.3 is 0 Å². The Morgan fingerprint density at radius 2 is 1.45 bits per heavy atom. The number of hydrogen-bond donors (Lipinski definition) is 1. The molecular weight excluding hydrogens is 406 g/mol. The number of aromatic nitrogens is 3. The van der Waals surface area contributed by atoms with Crippen LogP contribution in [0.5, 0.6) is 0 Å². The maximum Gasteiger partial charge on any atom is 0.268 e. The number of nitrogens with zero attached hydrogens (tertiary/aromatic N) is 2. The molecule has 0 atom stereocenters. The predicted octanol–water partition coefficient (Wildman–Crippen LogP) is 5.57. The first kappa shape index (κ1) is 17.9. The van der Waals surface area contributed by atoms with Gasteiger partial charge in [-0.1, -0.05) is 54.6 Å². The van der Waals surface area contributed by atoms with E-state index >= 15 is 0 Å². The number of rotatable bonds is 3. The molecule has 0 bridgehead atoms. The van der Waals surface area contributed by atoms with Gasteiger partial charge in [0.15, 0.2) is 0 Å². The highest BCUT2D eigenvalue weighted by Crippen LogP contribution is 2.37. The first-order valence-electron chi connectivity index (χ1n) is 9.91. The van der Waals surface area contributed by atoms with E-state index in [0.717, 1.165) is 38.4 Å². The van der Waals surface area contributed by atoms with Crippen molar-refractivity contribution in [1.29, 1.82) is 0 Å². The average Bonchev–Trinajstić information content (AvgIpc) is 3.39. The number of para-hydroxylation sites is 2. The third-order valence-corrected chi connectivity index (χ3v) is 7.35. The van der Waals surface area contributed by atoms with E-state index in [-0.39, 0.29) is 4.90 Å². The number of hydrogen-bond acceptors (Lipinski definition) is 3. The molecule has 0 aliphatic carbocycles. The lowest BCUT2D eigenvalue weighted by Gasteiger charge is -2.07. The fraction of sp³-hybridized carbons (Fsp3) is 0. The Balaban J connectivity index is 1.68. The summed E-state index contributed by atoms with van der Waals surface area (Å²) < 4.78 is 28.2. The molecular formula is C25H17N3O2S. The molecule has 6 rings (SSSR count). The summed E-state index contributed by atoms with van der Waals surface area (Å²) in [4.78, 5) is 8.37. The molecule has 0 saturated carbocycles. The summed E-state index contributed by atoms with van der Waals surface area (Å²) in [6.45, 7) is 0. The van der Waals surface area contributed by atoms with Crippen molar-refractivity contribution in [3.05, 3.63) is 97.3 Å². The monoisotopic (exact) mass is 423 g/mol. The van der Waals surface area contributed by atoms with Crippen LogP contribution in [-0.4, -0.2) is 22.4 Å². The largest absolute Gasteiger partial charge is 0.353 e. The number of pyridine rings is 1. The lowest BCUT2D eigenvalue weighted by Crippen LogP contribution is -2.11. The van der Waals surface area contributed by atoms with Crippen LogP contribution in [0.15, 0.2) is 102 Å². The molecule has 0 saturated heterocycles. The summed E-state index contributed by atoms with van der Waals surface area (Å²) >= 11 is 0. The standard InChI is InChI=1S/C25H17N3O2S/c29-31(30,17-8-2-1-3-9-17)28-16-21(19-11-5-7-13-23(19)28)24-25-20(14-15-26-24)18-10-4-6-12-22(18)27-25/h1-16,27H. The molecule has 3 heterocycles. The van der Waals surface area contributed by atoms with Crippen LogP contribution >= 0.6 is 0 Å². The Morgan fingerprint density at radius 1 is 0.742 bits per heavy atom. The maximum absolute atomic E-state index is 13.4. The Labute approximate surface area is 178 Å². The van der Waals surface area contributed by atoms with Crippen molar-refractivity contribution >= 4 is 42.7 Å². The van der Waals surface area contributed by atoms with E-state index in [4.69, 9.17) is 0 Å². The Morgan fingerprint density at radius 3 is 2.29 bits per heavy atom. The van der Waals surface area contributed by atoms with E-state index in [1.807, 2.05) is 48.5 Å². The summed E-state index contributed by atoms with van der Waals surface area (Å²) in [6, 6.07) is 26.1.